The summed E-state index contributed by atoms with van der Waals surface area (Å²) in [5.74, 6) is -0.412. The van der Waals surface area contributed by atoms with Gasteiger partial charge in [0.15, 0.2) is 0 Å². The zero-order valence-electron chi connectivity index (χ0n) is 22.0. The lowest BCUT2D eigenvalue weighted by Gasteiger charge is -2.29. The van der Waals surface area contributed by atoms with Crippen molar-refractivity contribution in [3.63, 3.8) is 0 Å². The van der Waals surface area contributed by atoms with Crippen LogP contribution in [0.4, 0.5) is 23.7 Å². The fraction of sp³-hybridized carbons (Fsp3) is 0.321. The SMILES string of the molecule is C=C(NC)C1CC/C(=C(/N)CNC(=O)N(CCC(F)(F)F)C(=N)c2ccc(O)cc2)C(=Nc2cccc(Cl)c2)C1. The highest BCUT2D eigenvalue weighted by molar-refractivity contribution is 6.30. The lowest BCUT2D eigenvalue weighted by molar-refractivity contribution is -0.135. The highest BCUT2D eigenvalue weighted by Crippen LogP contribution is 2.33. The van der Waals surface area contributed by atoms with Crippen molar-refractivity contribution < 1.29 is 23.1 Å². The second kappa shape index (κ2) is 13.4. The molecule has 0 saturated heterocycles. The number of nitrogens with one attached hydrogen (secondary N) is 3. The summed E-state index contributed by atoms with van der Waals surface area (Å²) in [5.41, 5.74) is 9.82. The summed E-state index contributed by atoms with van der Waals surface area (Å²) in [7, 11) is 1.80. The number of hydrogen-bond acceptors (Lipinski definition) is 6. The molecule has 0 aromatic heterocycles. The number of halogens is 4. The van der Waals surface area contributed by atoms with Gasteiger partial charge in [-0.15, -0.1) is 0 Å². The van der Waals surface area contributed by atoms with Crippen LogP contribution in [0.3, 0.4) is 0 Å². The average Bonchev–Trinajstić information content (AvgIpc) is 2.91. The van der Waals surface area contributed by atoms with Gasteiger partial charge >= 0.3 is 12.2 Å². The van der Waals surface area contributed by atoms with E-state index in [1.807, 2.05) is 0 Å². The molecule has 8 nitrogen and oxygen atoms in total. The highest BCUT2D eigenvalue weighted by Gasteiger charge is 2.31. The van der Waals surface area contributed by atoms with Gasteiger partial charge < -0.3 is 21.5 Å². The Balaban J connectivity index is 1.84. The molecule has 214 valence electrons. The number of allylic oxidation sites excluding steroid dienone is 2. The molecule has 0 aliphatic heterocycles. The molecular weight excluding hydrogens is 545 g/mol. The first kappa shape index (κ1) is 30.6. The predicted octanol–water partition coefficient (Wildman–Crippen LogP) is 5.85. The van der Waals surface area contributed by atoms with Crippen LogP contribution in [0.15, 0.2) is 77.1 Å². The number of amides is 2. The normalized spacial score (nSPS) is 17.7. The van der Waals surface area contributed by atoms with Crippen LogP contribution in [0.5, 0.6) is 5.75 Å². The average molecular weight is 577 g/mol. The summed E-state index contributed by atoms with van der Waals surface area (Å²) in [4.78, 5) is 18.5. The van der Waals surface area contributed by atoms with E-state index < -0.39 is 31.0 Å². The Morgan fingerprint density at radius 2 is 1.98 bits per heavy atom. The van der Waals surface area contributed by atoms with Crippen LogP contribution in [-0.2, 0) is 0 Å². The summed E-state index contributed by atoms with van der Waals surface area (Å²) in [5, 5.41) is 24.0. The first-order chi connectivity index (χ1) is 18.9. The second-order valence-corrected chi connectivity index (χ2v) is 9.76. The van der Waals surface area contributed by atoms with E-state index in [1.54, 1.807) is 31.3 Å². The monoisotopic (exact) mass is 576 g/mol. The van der Waals surface area contributed by atoms with Crippen LogP contribution in [0.1, 0.15) is 31.2 Å². The Kier molecular flexibility index (Phi) is 10.2. The number of aliphatic imine (C=N–C) groups is 1. The van der Waals surface area contributed by atoms with Crippen LogP contribution in [0.2, 0.25) is 5.02 Å². The number of urea groups is 1. The molecule has 1 saturated carbocycles. The Morgan fingerprint density at radius 1 is 1.27 bits per heavy atom. The smallest absolute Gasteiger partial charge is 0.390 e. The van der Waals surface area contributed by atoms with E-state index >= 15 is 0 Å². The molecule has 2 aromatic carbocycles. The third kappa shape index (κ3) is 8.51. The molecule has 3 rings (SSSR count). The Morgan fingerprint density at radius 3 is 2.60 bits per heavy atom. The van der Waals surface area contributed by atoms with E-state index in [0.717, 1.165) is 17.7 Å². The van der Waals surface area contributed by atoms with Crippen molar-refractivity contribution in [3.05, 3.63) is 82.7 Å². The highest BCUT2D eigenvalue weighted by atomic mass is 35.5. The summed E-state index contributed by atoms with van der Waals surface area (Å²) in [6.07, 6.45) is -4.00. The Bertz CT molecular complexity index is 1310. The number of phenols is 1. The lowest BCUT2D eigenvalue weighted by Crippen LogP contribution is -2.46. The maximum Gasteiger partial charge on any atom is 0.390 e. The zero-order valence-corrected chi connectivity index (χ0v) is 22.7. The first-order valence-electron chi connectivity index (χ1n) is 12.6. The standard InChI is InChI=1S/C28H32ClF3N6O2/c1-17(35-2)19-8-11-23(25(14-19)37-21-5-3-4-20(29)15-21)24(33)16-36-27(40)38(13-12-28(30,31)32)26(34)18-6-9-22(39)10-7-18/h3-7,9-10,15,19,34-35,39H,1,8,11-14,16,33H2,2H3,(H,36,40)/b24-23-,34-26?,37-25?. The second-order valence-electron chi connectivity index (χ2n) is 9.33. The molecule has 40 heavy (non-hydrogen) atoms. The van der Waals surface area contributed by atoms with Gasteiger partial charge in [0.1, 0.15) is 11.6 Å². The number of carbonyl (C=O) groups is 1. The number of phenolic OH excluding ortho intramolecular Hbond substituents is 1. The van der Waals surface area contributed by atoms with Gasteiger partial charge in [-0.2, -0.15) is 13.2 Å². The van der Waals surface area contributed by atoms with E-state index in [1.165, 1.54) is 24.3 Å². The number of amidine groups is 1. The van der Waals surface area contributed by atoms with Gasteiger partial charge in [-0.05, 0) is 67.3 Å². The van der Waals surface area contributed by atoms with Crippen LogP contribution >= 0.6 is 11.6 Å². The minimum absolute atomic E-state index is 0.0782. The van der Waals surface area contributed by atoms with Crippen molar-refractivity contribution in [2.75, 3.05) is 20.1 Å². The number of hydrogen-bond donors (Lipinski definition) is 5. The topological polar surface area (TPSA) is 127 Å². The number of carbonyl (C=O) groups excluding carboxylic acids is 1. The molecule has 6 N–H and O–H groups in total. The Hall–Kier alpha value is -3.99. The molecule has 1 aliphatic carbocycles. The molecule has 1 unspecified atom stereocenters. The number of alkyl halides is 3. The number of rotatable bonds is 8. The molecule has 1 fully saturated rings. The quantitative estimate of drug-likeness (QED) is 0.199. The number of nitrogens with zero attached hydrogens (tertiary/aromatic N) is 2. The maximum atomic E-state index is 13.0. The van der Waals surface area contributed by atoms with Crippen LogP contribution < -0.4 is 16.4 Å². The molecule has 2 amide bonds. The largest absolute Gasteiger partial charge is 0.508 e. The molecule has 1 aliphatic rings. The summed E-state index contributed by atoms with van der Waals surface area (Å²) in [6.45, 7) is 3.15. The van der Waals surface area contributed by atoms with Gasteiger partial charge in [-0.25, -0.2) is 4.79 Å². The first-order valence-corrected chi connectivity index (χ1v) is 12.9. The molecule has 0 bridgehead atoms. The van der Waals surface area contributed by atoms with Gasteiger partial charge in [0.05, 0.1) is 18.7 Å². The number of aromatic hydroxyl groups is 1. The lowest BCUT2D eigenvalue weighted by atomic mass is 9.81. The van der Waals surface area contributed by atoms with Gasteiger partial charge in [-0.3, -0.25) is 15.3 Å². The third-order valence-electron chi connectivity index (χ3n) is 6.51. The van der Waals surface area contributed by atoms with Crippen LogP contribution in [0.25, 0.3) is 0 Å². The van der Waals surface area contributed by atoms with Crippen molar-refractivity contribution in [2.24, 2.45) is 16.6 Å². The van der Waals surface area contributed by atoms with Crippen molar-refractivity contribution in [3.8, 4) is 5.75 Å². The van der Waals surface area contributed by atoms with Gasteiger partial charge in [-0.1, -0.05) is 24.2 Å². The van der Waals surface area contributed by atoms with Gasteiger partial charge in [0.2, 0.25) is 0 Å². The molecular formula is C28H32ClF3N6O2. The van der Waals surface area contributed by atoms with E-state index in [4.69, 9.17) is 27.7 Å². The van der Waals surface area contributed by atoms with Gasteiger partial charge in [0.25, 0.3) is 0 Å². The minimum atomic E-state index is -4.53. The van der Waals surface area contributed by atoms with E-state index in [9.17, 15) is 23.1 Å². The molecule has 0 spiro atoms. The Labute approximate surface area is 235 Å². The van der Waals surface area contributed by atoms with Gasteiger partial charge in [0, 0.05) is 47.2 Å². The van der Waals surface area contributed by atoms with E-state index in [-0.39, 0.29) is 23.8 Å². The van der Waals surface area contributed by atoms with E-state index in [0.29, 0.717) is 39.9 Å². The summed E-state index contributed by atoms with van der Waals surface area (Å²) in [6, 6.07) is 11.4. The maximum absolute atomic E-state index is 13.0. The van der Waals surface area contributed by atoms with Crippen LogP contribution in [-0.4, -0.2) is 53.9 Å². The van der Waals surface area contributed by atoms with Crippen molar-refractivity contribution in [2.45, 2.75) is 31.9 Å². The molecule has 1 atom stereocenters. The molecule has 2 aromatic rings. The number of benzene rings is 2. The fourth-order valence-corrected chi connectivity index (χ4v) is 4.47. The zero-order chi connectivity index (χ0) is 29.4. The summed E-state index contributed by atoms with van der Waals surface area (Å²) >= 11 is 6.13. The van der Waals surface area contributed by atoms with E-state index in [2.05, 4.69) is 17.2 Å². The predicted molar refractivity (Wildman–Crippen MR) is 151 cm³/mol. The third-order valence-corrected chi connectivity index (χ3v) is 6.74. The van der Waals surface area contributed by atoms with Crippen molar-refractivity contribution in [1.82, 2.24) is 15.5 Å². The molecule has 0 radical (unpaired) electrons. The molecule has 12 heteroatoms. The number of nitrogens with two attached hydrogens (primary N) is 1. The van der Waals surface area contributed by atoms with Crippen molar-refractivity contribution in [1.29, 1.82) is 5.41 Å². The fourth-order valence-electron chi connectivity index (χ4n) is 4.29. The van der Waals surface area contributed by atoms with Crippen molar-refractivity contribution >= 4 is 34.9 Å². The molecule has 0 heterocycles. The van der Waals surface area contributed by atoms with Crippen LogP contribution in [0, 0.1) is 11.3 Å². The summed E-state index contributed by atoms with van der Waals surface area (Å²) < 4.78 is 39.0. The minimum Gasteiger partial charge on any atom is -0.508 e.